The summed E-state index contributed by atoms with van der Waals surface area (Å²) in [5.74, 6) is -2.82. The third kappa shape index (κ3) is 13.2. The number of rotatable bonds is 5. The van der Waals surface area contributed by atoms with Crippen molar-refractivity contribution < 1.29 is 49.6 Å². The Morgan fingerprint density at radius 3 is 1.70 bits per heavy atom. The topological polar surface area (TPSA) is 129 Å². The van der Waals surface area contributed by atoms with Gasteiger partial charge in [0.2, 0.25) is 0 Å². The third-order valence-corrected chi connectivity index (χ3v) is 3.03. The predicted molar refractivity (Wildman–Crippen MR) is 91.2 cm³/mol. The summed E-state index contributed by atoms with van der Waals surface area (Å²) in [7, 11) is 0. The maximum Gasteiger partial charge on any atom is 0 e. The van der Waals surface area contributed by atoms with Crippen molar-refractivity contribution in [3.05, 3.63) is 61.4 Å². The van der Waals surface area contributed by atoms with Crippen molar-refractivity contribution in [2.75, 3.05) is 13.2 Å². The molecule has 147 valence electrons. The Bertz CT molecular complexity index is 450. The van der Waals surface area contributed by atoms with Crippen molar-refractivity contribution in [2.45, 2.75) is 20.3 Å². The fraction of sp³-hybridized carbons (Fsp3) is 0.389. The zero-order chi connectivity index (χ0) is 20.4. The molecule has 1 atom stereocenters. The van der Waals surface area contributed by atoms with Crippen LogP contribution in [0.4, 0.5) is 0 Å². The molecule has 0 spiro atoms. The van der Waals surface area contributed by atoms with Gasteiger partial charge in [0.05, 0.1) is 13.2 Å². The molecular weight excluding hydrogens is 438 g/mol. The van der Waals surface area contributed by atoms with Crippen LogP contribution in [0.25, 0.3) is 5.59 Å². The number of allylic oxidation sites excluding steroid dienone is 2. The van der Waals surface area contributed by atoms with Gasteiger partial charge in [0.15, 0.2) is 11.7 Å². The van der Waals surface area contributed by atoms with Gasteiger partial charge in [-0.25, -0.2) is 0 Å². The van der Waals surface area contributed by atoms with Crippen LogP contribution in [0.2, 0.25) is 0 Å². The Balaban J connectivity index is -0.000000482. The first-order chi connectivity index (χ1) is 12.6. The molecule has 0 bridgehead atoms. The molecule has 9 heteroatoms. The van der Waals surface area contributed by atoms with E-state index in [-0.39, 0.29) is 46.5 Å². The Hall–Kier alpha value is -1.62. The molecule has 27 heavy (non-hydrogen) atoms. The SMILES string of the molecule is CCOC(=O)C(C(=O)OCC)C1C=CC(=O)C1.[C-]#[O+].[CH]1[CH][CH][CH][CH]1.[Mo].[N-]=O. The Labute approximate surface area is 174 Å². The average Bonchev–Trinajstić information content (AvgIpc) is 3.35. The van der Waals surface area contributed by atoms with Crippen molar-refractivity contribution in [2.24, 2.45) is 11.8 Å². The summed E-state index contributed by atoms with van der Waals surface area (Å²) in [6, 6.07) is 0. The minimum absolute atomic E-state index is 0. The fourth-order valence-electron chi connectivity index (χ4n) is 2.06. The van der Waals surface area contributed by atoms with Crippen molar-refractivity contribution in [1.29, 1.82) is 0 Å². The Kier molecular flexibility index (Phi) is 23.1. The number of nitrogens with zero attached hydrogens (tertiary/aromatic N) is 1. The van der Waals surface area contributed by atoms with Crippen LogP contribution < -0.4 is 0 Å². The second-order valence-corrected chi connectivity index (χ2v) is 4.64. The van der Waals surface area contributed by atoms with Crippen LogP contribution >= 0.6 is 0 Å². The van der Waals surface area contributed by atoms with Gasteiger partial charge in [0.1, 0.15) is 0 Å². The van der Waals surface area contributed by atoms with Gasteiger partial charge in [-0.15, -0.1) is 0 Å². The van der Waals surface area contributed by atoms with Crippen molar-refractivity contribution in [3.8, 4) is 0 Å². The molecule has 1 saturated carbocycles. The third-order valence-electron chi connectivity index (χ3n) is 3.03. The van der Waals surface area contributed by atoms with Gasteiger partial charge in [-0.3, -0.25) is 14.4 Å². The van der Waals surface area contributed by atoms with Crippen LogP contribution in [-0.2, 0) is 49.6 Å². The fourth-order valence-corrected chi connectivity index (χ4v) is 2.06. The summed E-state index contributed by atoms with van der Waals surface area (Å²) in [4.78, 5) is 41.7. The van der Waals surface area contributed by atoms with E-state index < -0.39 is 23.8 Å². The van der Waals surface area contributed by atoms with E-state index in [9.17, 15) is 14.4 Å². The van der Waals surface area contributed by atoms with Gasteiger partial charge >= 0.3 is 23.2 Å². The van der Waals surface area contributed by atoms with E-state index in [2.05, 4.69) is 6.65 Å². The predicted octanol–water partition coefficient (Wildman–Crippen LogP) is 2.18. The number of esters is 2. The summed E-state index contributed by atoms with van der Waals surface area (Å²) in [5, 5.41) is 0. The van der Waals surface area contributed by atoms with Gasteiger partial charge in [-0.05, 0) is 52.0 Å². The standard InChI is InChI=1S/C12H16O5.C5H5.CO.Mo.NO/c1-3-16-11(14)10(12(15)17-4-2)8-5-6-9(13)7-8;1-2-4-5-3-1;1-2;;1-2/h5-6,8,10H,3-4,7H2,1-2H3;1-5H;;;/q;;;;-1. The second kappa shape index (κ2) is 20.7. The molecule has 2 aliphatic rings. The van der Waals surface area contributed by atoms with E-state index >= 15 is 0 Å². The number of ether oxygens (including phenoxy) is 2. The first-order valence-corrected chi connectivity index (χ1v) is 7.69. The van der Waals surface area contributed by atoms with E-state index in [0.717, 1.165) is 0 Å². The molecule has 0 amide bonds. The molecule has 0 N–H and O–H groups in total. The number of nitroso groups, excluding NO2 is 1. The summed E-state index contributed by atoms with van der Waals surface area (Å²) in [6.45, 7) is 8.21. The minimum Gasteiger partial charge on any atom is -0.577 e. The van der Waals surface area contributed by atoms with E-state index in [1.165, 1.54) is 6.08 Å². The monoisotopic (exact) mass is 461 g/mol. The van der Waals surface area contributed by atoms with Gasteiger partial charge in [-0.2, -0.15) is 0 Å². The van der Waals surface area contributed by atoms with Gasteiger partial charge in [-0.1, -0.05) is 6.08 Å². The van der Waals surface area contributed by atoms with Crippen LogP contribution in [0.3, 0.4) is 0 Å². The zero-order valence-electron chi connectivity index (χ0n) is 15.0. The van der Waals surface area contributed by atoms with Crippen LogP contribution in [0, 0.1) is 55.5 Å². The molecule has 8 nitrogen and oxygen atoms in total. The molecule has 0 aliphatic heterocycles. The Morgan fingerprint density at radius 1 is 1.07 bits per heavy atom. The normalized spacial score (nSPS) is 16.3. The molecule has 2 rings (SSSR count). The van der Waals surface area contributed by atoms with Crippen LogP contribution in [-0.4, -0.2) is 30.9 Å². The first-order valence-electron chi connectivity index (χ1n) is 7.69. The molecule has 1 unspecified atom stereocenters. The number of carbonyl (C=O) groups is 3. The average molecular weight is 459 g/mol. The number of hydrogen-bond donors (Lipinski definition) is 0. The maximum atomic E-state index is 11.7. The largest absolute Gasteiger partial charge is 0.577 e. The summed E-state index contributed by atoms with van der Waals surface area (Å²) < 4.78 is 17.2. The van der Waals surface area contributed by atoms with Gasteiger partial charge in [0.25, 0.3) is 0 Å². The van der Waals surface area contributed by atoms with Crippen molar-refractivity contribution in [1.82, 2.24) is 0 Å². The summed E-state index contributed by atoms with van der Waals surface area (Å²) in [5.41, 5.74) is 5.75. The number of carbonyl (C=O) groups excluding carboxylic acids is 3. The quantitative estimate of drug-likeness (QED) is 0.204. The molecule has 0 saturated heterocycles. The summed E-state index contributed by atoms with van der Waals surface area (Å²) >= 11 is 0. The van der Waals surface area contributed by atoms with Crippen LogP contribution in [0.5, 0.6) is 0 Å². The molecule has 2 aliphatic carbocycles. The molecule has 0 heterocycles. The number of ketones is 1. The smallest absolute Gasteiger partial charge is 0 e. The minimum atomic E-state index is -1.03. The molecule has 5 radical (unpaired) electrons. The molecular formula is C18H21MoNO7-. The van der Waals surface area contributed by atoms with Gasteiger partial charge in [0, 0.05) is 33.4 Å². The molecule has 0 aromatic rings. The summed E-state index contributed by atoms with van der Waals surface area (Å²) in [6.07, 6.45) is 13.1. The molecule has 0 aromatic heterocycles. The second-order valence-electron chi connectivity index (χ2n) is 4.64. The Morgan fingerprint density at radius 2 is 1.44 bits per heavy atom. The maximum absolute atomic E-state index is 11.7. The van der Waals surface area contributed by atoms with Crippen molar-refractivity contribution >= 4 is 17.7 Å². The van der Waals surface area contributed by atoms with E-state index in [0.29, 0.717) is 0 Å². The molecule has 0 aromatic carbocycles. The van der Waals surface area contributed by atoms with Gasteiger partial charge < -0.3 is 20.0 Å². The number of hydrogen-bond acceptors (Lipinski definition) is 6. The van der Waals surface area contributed by atoms with E-state index in [1.807, 2.05) is 32.1 Å². The van der Waals surface area contributed by atoms with Crippen molar-refractivity contribution in [3.63, 3.8) is 0 Å². The zero-order valence-corrected chi connectivity index (χ0v) is 17.0. The van der Waals surface area contributed by atoms with E-state index in [4.69, 9.17) is 24.6 Å². The molecule has 1 fully saturated rings. The first kappa shape index (κ1) is 30.1. The van der Waals surface area contributed by atoms with Crippen LogP contribution in [0.15, 0.2) is 12.2 Å². The van der Waals surface area contributed by atoms with E-state index in [1.54, 1.807) is 19.9 Å². The van der Waals surface area contributed by atoms with Crippen LogP contribution in [0.1, 0.15) is 20.3 Å².